The first-order chi connectivity index (χ1) is 36.3. The van der Waals surface area contributed by atoms with Crippen molar-refractivity contribution in [2.75, 3.05) is 67.1 Å². The van der Waals surface area contributed by atoms with E-state index >= 15 is 0 Å². The van der Waals surface area contributed by atoms with Gasteiger partial charge in [0.1, 0.15) is 30.6 Å². The summed E-state index contributed by atoms with van der Waals surface area (Å²) in [5.74, 6) is -0.663. The third kappa shape index (κ3) is 17.8. The number of carbonyl (C=O) groups is 3. The number of aliphatic hydroxyl groups is 2. The molecule has 0 amide bonds. The van der Waals surface area contributed by atoms with Crippen molar-refractivity contribution in [3.8, 4) is 23.3 Å². The number of nitrogens with zero attached hydrogens (tertiary/aromatic N) is 3. The van der Waals surface area contributed by atoms with Gasteiger partial charge in [0.15, 0.2) is 24.1 Å². The third-order valence-electron chi connectivity index (χ3n) is 12.3. The SMILES string of the molecule is [C-]#[N+]/C(=C/c1ccc(OCCCCCC)c(OC)c1)C(=O)OCC(C)(C)C1OCC2(COC(C(C)(C)COC(=O)/C(C#N)=C\c3ccc(CO)c(OC)c3)OC2)CO1.[C-]#[N+]/C(=C\c1ccc(C)c(CO)c1)C(=O)OCC. The van der Waals surface area contributed by atoms with Gasteiger partial charge in [0.25, 0.3) is 11.4 Å². The molecule has 0 aliphatic carbocycles. The zero-order chi connectivity index (χ0) is 55.9. The van der Waals surface area contributed by atoms with Crippen LogP contribution in [0.2, 0.25) is 0 Å². The summed E-state index contributed by atoms with van der Waals surface area (Å²) in [5.41, 5.74) is 1.56. The van der Waals surface area contributed by atoms with Crippen molar-refractivity contribution in [3.63, 3.8) is 0 Å². The molecule has 18 heteroatoms. The summed E-state index contributed by atoms with van der Waals surface area (Å²) in [4.78, 5) is 43.9. The van der Waals surface area contributed by atoms with Crippen LogP contribution < -0.4 is 14.2 Å². The van der Waals surface area contributed by atoms with Crippen molar-refractivity contribution in [2.45, 2.75) is 99.9 Å². The Morgan fingerprint density at radius 3 is 1.70 bits per heavy atom. The molecule has 3 aromatic carbocycles. The molecule has 2 saturated heterocycles. The quantitative estimate of drug-likeness (QED) is 0.0226. The molecule has 18 nitrogen and oxygen atoms in total. The largest absolute Gasteiger partial charge is 0.496 e. The van der Waals surface area contributed by atoms with E-state index in [2.05, 4.69) is 16.6 Å². The molecule has 0 radical (unpaired) electrons. The van der Waals surface area contributed by atoms with Crippen molar-refractivity contribution in [1.29, 1.82) is 5.26 Å². The highest BCUT2D eigenvalue weighted by Crippen LogP contribution is 2.39. The Balaban J connectivity index is 0.000000584. The summed E-state index contributed by atoms with van der Waals surface area (Å²) in [6, 6.07) is 17.4. The van der Waals surface area contributed by atoms with Gasteiger partial charge in [0.05, 0.1) is 85.6 Å². The second-order valence-corrected chi connectivity index (χ2v) is 19.6. The third-order valence-corrected chi connectivity index (χ3v) is 12.3. The van der Waals surface area contributed by atoms with Crippen LogP contribution in [0.5, 0.6) is 17.2 Å². The smallest absolute Gasteiger partial charge is 0.348 e. The molecule has 76 heavy (non-hydrogen) atoms. The molecule has 0 unspecified atom stereocenters. The van der Waals surface area contributed by atoms with Gasteiger partial charge in [-0.15, -0.1) is 0 Å². The summed E-state index contributed by atoms with van der Waals surface area (Å²) >= 11 is 0. The van der Waals surface area contributed by atoms with Crippen LogP contribution in [0.3, 0.4) is 0 Å². The molecule has 0 saturated carbocycles. The van der Waals surface area contributed by atoms with Gasteiger partial charge in [-0.25, -0.2) is 14.5 Å². The van der Waals surface area contributed by atoms with E-state index in [4.69, 9.17) is 65.6 Å². The van der Waals surface area contributed by atoms with Crippen LogP contribution >= 0.6 is 0 Å². The molecule has 5 rings (SSSR count). The first kappa shape index (κ1) is 61.5. The van der Waals surface area contributed by atoms with Crippen molar-refractivity contribution in [2.24, 2.45) is 16.2 Å². The van der Waals surface area contributed by atoms with E-state index in [9.17, 15) is 24.8 Å². The lowest BCUT2D eigenvalue weighted by molar-refractivity contribution is -0.337. The van der Waals surface area contributed by atoms with Gasteiger partial charge in [-0.1, -0.05) is 90.3 Å². The molecule has 0 aromatic heterocycles. The summed E-state index contributed by atoms with van der Waals surface area (Å²) in [5, 5.41) is 28.3. The first-order valence-corrected chi connectivity index (χ1v) is 24.9. The van der Waals surface area contributed by atoms with E-state index in [-0.39, 0.29) is 76.4 Å². The highest BCUT2D eigenvalue weighted by atomic mass is 16.7. The van der Waals surface area contributed by atoms with Crippen LogP contribution in [-0.4, -0.2) is 108 Å². The average molecular weight is 1050 g/mol. The van der Waals surface area contributed by atoms with E-state index in [1.807, 2.05) is 46.8 Å². The van der Waals surface area contributed by atoms with Crippen LogP contribution in [0, 0.1) is 47.6 Å². The number of esters is 3. The summed E-state index contributed by atoms with van der Waals surface area (Å²) in [6.07, 6.45) is 7.21. The predicted molar refractivity (Wildman–Crippen MR) is 281 cm³/mol. The van der Waals surface area contributed by atoms with Crippen molar-refractivity contribution in [1.82, 2.24) is 0 Å². The Hall–Kier alpha value is -7.08. The fourth-order valence-corrected chi connectivity index (χ4v) is 7.68. The van der Waals surface area contributed by atoms with Crippen LogP contribution in [0.15, 0.2) is 71.6 Å². The standard InChI is InChI=1S/C44H56N2O12.C14H15NO3/c1-9-10-11-12-17-52-35-16-14-31(21-37(35)51-8)19-34(46-6)39(49)54-25-43(4,5)41-57-28-44(29-58-41)26-55-40(56-27-44)42(2,3)24-53-38(48)33(22-45)18-30-13-15-32(23-47)36(20-30)50-7;1-4-18-14(17)13(15-3)8-11-6-5-10(2)12(7-11)9-16/h13-16,18-21,40-41,47H,9-12,17,23-29H2,1-5,7-8H3;5-8,16H,4,9H2,1-2H3/b33-18-,34-19+;13-8-. The number of hydrogen-bond acceptors (Lipinski definition) is 16. The van der Waals surface area contributed by atoms with E-state index in [0.717, 1.165) is 36.8 Å². The molecule has 3 aromatic rings. The number of nitriles is 1. The summed E-state index contributed by atoms with van der Waals surface area (Å²) in [7, 11) is 3.01. The number of carbonyl (C=O) groups excluding carboxylic acids is 3. The molecule has 0 atom stereocenters. The Labute approximate surface area is 446 Å². The van der Waals surface area contributed by atoms with Gasteiger partial charge >= 0.3 is 17.9 Å². The Morgan fingerprint density at radius 1 is 0.684 bits per heavy atom. The van der Waals surface area contributed by atoms with E-state index in [0.29, 0.717) is 46.1 Å². The van der Waals surface area contributed by atoms with Gasteiger partial charge in [0.2, 0.25) is 0 Å². The Morgan fingerprint density at radius 2 is 1.18 bits per heavy atom. The molecule has 1 spiro atoms. The van der Waals surface area contributed by atoms with Gasteiger partial charge < -0.3 is 57.6 Å². The molecule has 408 valence electrons. The summed E-state index contributed by atoms with van der Waals surface area (Å²) in [6.45, 7) is 29.1. The number of ether oxygens (including phenoxy) is 10. The maximum atomic E-state index is 13.0. The number of benzene rings is 3. The minimum Gasteiger partial charge on any atom is -0.496 e. The minimum absolute atomic E-state index is 0.0652. The van der Waals surface area contributed by atoms with Gasteiger partial charge in [-0.3, -0.25) is 9.59 Å². The van der Waals surface area contributed by atoms with Crippen LogP contribution in [0.25, 0.3) is 27.9 Å². The Kier molecular flexibility index (Phi) is 24.2. The maximum Gasteiger partial charge on any atom is 0.348 e. The van der Waals surface area contributed by atoms with Crippen molar-refractivity contribution in [3.05, 3.63) is 128 Å². The molecule has 2 N–H and O–H groups in total. The highest BCUT2D eigenvalue weighted by molar-refractivity contribution is 5.98. The molecule has 2 aliphatic heterocycles. The number of unbranched alkanes of at least 4 members (excludes halogenated alkanes) is 3. The topological polar surface area (TPSA) is 216 Å². The van der Waals surface area contributed by atoms with Crippen LogP contribution in [0.1, 0.15) is 101 Å². The summed E-state index contributed by atoms with van der Waals surface area (Å²) < 4.78 is 57.1. The second-order valence-electron chi connectivity index (χ2n) is 19.6. The zero-order valence-corrected chi connectivity index (χ0v) is 45.0. The number of aryl methyl sites for hydroxylation is 1. The van der Waals surface area contributed by atoms with Gasteiger partial charge in [0, 0.05) is 16.4 Å². The molecule has 0 bridgehead atoms. The lowest BCUT2D eigenvalue weighted by atomic mass is 9.86. The maximum absolute atomic E-state index is 13.0. The average Bonchev–Trinajstić information content (AvgIpc) is 3.42. The lowest BCUT2D eigenvalue weighted by Gasteiger charge is -2.48. The number of methoxy groups -OCH3 is 2. The zero-order valence-electron chi connectivity index (χ0n) is 45.0. The van der Waals surface area contributed by atoms with E-state index < -0.39 is 46.7 Å². The molecular formula is C58H71N3O15. The molecule has 2 heterocycles. The van der Waals surface area contributed by atoms with E-state index in [1.165, 1.54) is 25.3 Å². The number of rotatable bonds is 23. The van der Waals surface area contributed by atoms with Gasteiger partial charge in [-0.2, -0.15) is 5.26 Å². The van der Waals surface area contributed by atoms with Crippen LogP contribution in [-0.2, 0) is 60.8 Å². The highest BCUT2D eigenvalue weighted by Gasteiger charge is 2.48. The van der Waals surface area contributed by atoms with Crippen LogP contribution in [0.4, 0.5) is 0 Å². The normalized spacial score (nSPS) is 17.9. The second kappa shape index (κ2) is 29.9. The molecule has 2 aliphatic rings. The van der Waals surface area contributed by atoms with Gasteiger partial charge in [-0.05, 0) is 84.5 Å². The number of aliphatic hydroxyl groups excluding tert-OH is 2. The molecular weight excluding hydrogens is 979 g/mol. The fraction of sp³-hybridized carbons (Fsp3) is 0.483. The lowest BCUT2D eigenvalue weighted by Crippen LogP contribution is -2.57. The Bertz CT molecular complexity index is 2670. The molecule has 2 fully saturated rings. The van der Waals surface area contributed by atoms with Crippen molar-refractivity contribution < 1.29 is 72.0 Å². The minimum atomic E-state index is -0.799. The first-order valence-electron chi connectivity index (χ1n) is 24.9. The van der Waals surface area contributed by atoms with E-state index in [1.54, 1.807) is 62.6 Å². The predicted octanol–water partition coefficient (Wildman–Crippen LogP) is 9.20. The van der Waals surface area contributed by atoms with Crippen molar-refractivity contribution >= 4 is 36.1 Å². The number of hydrogen-bond donors (Lipinski definition) is 2. The fourth-order valence-electron chi connectivity index (χ4n) is 7.68. The monoisotopic (exact) mass is 1050 g/mol.